The molecule has 5 heteroatoms. The molecule has 0 amide bonds. The molecule has 0 bridgehead atoms. The molecule has 1 fully saturated rings. The second-order valence-corrected chi connectivity index (χ2v) is 4.84. The molecular weight excluding hydrogens is 219 g/mol. The van der Waals surface area contributed by atoms with Crippen molar-refractivity contribution in [2.45, 2.75) is 44.9 Å². The molecule has 1 rings (SSSR count). The molecule has 0 aromatic carbocycles. The Morgan fingerprint density at radius 1 is 1.25 bits per heavy atom. The first-order chi connectivity index (χ1) is 7.28. The van der Waals surface area contributed by atoms with E-state index >= 15 is 0 Å². The topological polar surface area (TPSA) is 23.5 Å². The zero-order valence-electron chi connectivity index (χ0n) is 9.85. The first kappa shape index (κ1) is 13.8. The first-order valence-electron chi connectivity index (χ1n) is 5.80. The summed E-state index contributed by atoms with van der Waals surface area (Å²) in [4.78, 5) is 1.72. The zero-order valence-corrected chi connectivity index (χ0v) is 9.85. The Morgan fingerprint density at radius 2 is 1.75 bits per heavy atom. The maximum Gasteiger partial charge on any atom is 0.418 e. The predicted octanol–water partition coefficient (Wildman–Crippen LogP) is 2.42. The maximum absolute atomic E-state index is 12.7. The number of likely N-dealkylation sites (tertiary alicyclic amines) is 1. The molecule has 0 aliphatic carbocycles. The highest BCUT2D eigenvalue weighted by Crippen LogP contribution is 2.34. The van der Waals surface area contributed by atoms with E-state index in [1.807, 2.05) is 0 Å². The van der Waals surface area contributed by atoms with E-state index in [1.54, 1.807) is 4.90 Å². The molecule has 0 saturated carbocycles. The van der Waals surface area contributed by atoms with E-state index in [-0.39, 0.29) is 13.0 Å². The summed E-state index contributed by atoms with van der Waals surface area (Å²) in [5.41, 5.74) is -2.55. The standard InChI is InChI=1S/C11H20F3NO/c1-3-10(16,11(12,13)14)8-15-6-4-9(2)5-7-15/h9,16H,3-8H2,1-2H3. The summed E-state index contributed by atoms with van der Waals surface area (Å²) < 4.78 is 38.0. The monoisotopic (exact) mass is 239 g/mol. The van der Waals surface area contributed by atoms with Gasteiger partial charge in [-0.3, -0.25) is 0 Å². The van der Waals surface area contributed by atoms with E-state index in [0.717, 1.165) is 12.8 Å². The lowest BCUT2D eigenvalue weighted by Gasteiger charge is -2.38. The van der Waals surface area contributed by atoms with Crippen molar-refractivity contribution in [1.29, 1.82) is 0 Å². The third-order valence-electron chi connectivity index (χ3n) is 3.47. The Kier molecular flexibility index (Phi) is 4.23. The van der Waals surface area contributed by atoms with Gasteiger partial charge in [-0.25, -0.2) is 0 Å². The van der Waals surface area contributed by atoms with E-state index in [1.165, 1.54) is 6.92 Å². The number of alkyl halides is 3. The van der Waals surface area contributed by atoms with Crippen LogP contribution in [0.5, 0.6) is 0 Å². The molecule has 1 N–H and O–H groups in total. The van der Waals surface area contributed by atoms with Gasteiger partial charge in [-0.05, 0) is 38.3 Å². The molecule has 1 saturated heterocycles. The fraction of sp³-hybridized carbons (Fsp3) is 1.00. The normalized spacial score (nSPS) is 24.4. The Hall–Kier alpha value is -0.290. The number of hydrogen-bond donors (Lipinski definition) is 1. The van der Waals surface area contributed by atoms with Gasteiger partial charge in [-0.15, -0.1) is 0 Å². The fourth-order valence-corrected chi connectivity index (χ4v) is 1.99. The molecule has 0 aromatic heterocycles. The molecule has 1 heterocycles. The average molecular weight is 239 g/mol. The number of hydrogen-bond acceptors (Lipinski definition) is 2. The van der Waals surface area contributed by atoms with E-state index in [0.29, 0.717) is 19.0 Å². The fourth-order valence-electron chi connectivity index (χ4n) is 1.99. The quantitative estimate of drug-likeness (QED) is 0.817. The molecule has 16 heavy (non-hydrogen) atoms. The predicted molar refractivity (Wildman–Crippen MR) is 56.1 cm³/mol. The van der Waals surface area contributed by atoms with Gasteiger partial charge in [0, 0.05) is 6.54 Å². The van der Waals surface area contributed by atoms with Crippen LogP contribution in [0.25, 0.3) is 0 Å². The van der Waals surface area contributed by atoms with Crippen LogP contribution in [0, 0.1) is 5.92 Å². The van der Waals surface area contributed by atoms with E-state index < -0.39 is 11.8 Å². The summed E-state index contributed by atoms with van der Waals surface area (Å²) in [5, 5.41) is 9.61. The summed E-state index contributed by atoms with van der Waals surface area (Å²) in [5.74, 6) is 0.580. The highest BCUT2D eigenvalue weighted by Gasteiger charge is 2.53. The largest absolute Gasteiger partial charge is 0.418 e. The molecular formula is C11H20F3NO. The number of halogens is 3. The van der Waals surface area contributed by atoms with Crippen LogP contribution in [0.4, 0.5) is 13.2 Å². The maximum atomic E-state index is 12.7. The summed E-state index contributed by atoms with van der Waals surface area (Å²) in [7, 11) is 0. The van der Waals surface area contributed by atoms with Crippen molar-refractivity contribution < 1.29 is 18.3 Å². The van der Waals surface area contributed by atoms with Gasteiger partial charge in [0.2, 0.25) is 0 Å². The Bertz CT molecular complexity index is 224. The van der Waals surface area contributed by atoms with Crippen molar-refractivity contribution in [3.05, 3.63) is 0 Å². The number of rotatable bonds is 3. The van der Waals surface area contributed by atoms with Gasteiger partial charge >= 0.3 is 6.18 Å². The van der Waals surface area contributed by atoms with Crippen LogP contribution in [-0.4, -0.2) is 41.4 Å². The summed E-state index contributed by atoms with van der Waals surface area (Å²) >= 11 is 0. The minimum atomic E-state index is -4.54. The molecule has 1 aliphatic heterocycles. The third-order valence-corrected chi connectivity index (χ3v) is 3.47. The summed E-state index contributed by atoms with van der Waals surface area (Å²) in [6.07, 6.45) is -3.00. The smallest absolute Gasteiger partial charge is 0.379 e. The second kappa shape index (κ2) is 4.92. The van der Waals surface area contributed by atoms with Crippen LogP contribution in [0.1, 0.15) is 33.1 Å². The Balaban J connectivity index is 2.57. The van der Waals surface area contributed by atoms with Crippen LogP contribution in [0.15, 0.2) is 0 Å². The first-order valence-corrected chi connectivity index (χ1v) is 5.80. The van der Waals surface area contributed by atoms with Gasteiger partial charge in [-0.1, -0.05) is 13.8 Å². The molecule has 96 valence electrons. The number of nitrogens with zero attached hydrogens (tertiary/aromatic N) is 1. The minimum absolute atomic E-state index is 0.289. The van der Waals surface area contributed by atoms with Crippen LogP contribution in [0.3, 0.4) is 0 Å². The van der Waals surface area contributed by atoms with Crippen LogP contribution in [0.2, 0.25) is 0 Å². The van der Waals surface area contributed by atoms with Crippen molar-refractivity contribution in [2.24, 2.45) is 5.92 Å². The summed E-state index contributed by atoms with van der Waals surface area (Å²) in [6, 6.07) is 0. The second-order valence-electron chi connectivity index (χ2n) is 4.84. The summed E-state index contributed by atoms with van der Waals surface area (Å²) in [6.45, 7) is 4.49. The highest BCUT2D eigenvalue weighted by atomic mass is 19.4. The third kappa shape index (κ3) is 3.10. The van der Waals surface area contributed by atoms with Crippen molar-refractivity contribution in [3.63, 3.8) is 0 Å². The van der Waals surface area contributed by atoms with Crippen molar-refractivity contribution in [1.82, 2.24) is 4.90 Å². The van der Waals surface area contributed by atoms with Crippen LogP contribution < -0.4 is 0 Å². The molecule has 0 aromatic rings. The molecule has 0 radical (unpaired) electrons. The van der Waals surface area contributed by atoms with E-state index in [9.17, 15) is 18.3 Å². The lowest BCUT2D eigenvalue weighted by atomic mass is 9.95. The lowest BCUT2D eigenvalue weighted by Crippen LogP contribution is -2.54. The molecule has 2 nitrogen and oxygen atoms in total. The lowest BCUT2D eigenvalue weighted by molar-refractivity contribution is -0.266. The van der Waals surface area contributed by atoms with Gasteiger partial charge in [0.15, 0.2) is 5.60 Å². The van der Waals surface area contributed by atoms with Gasteiger partial charge in [0.1, 0.15) is 0 Å². The Labute approximate surface area is 94.4 Å². The SMILES string of the molecule is CCC(O)(CN1CCC(C)CC1)C(F)(F)F. The Morgan fingerprint density at radius 3 is 2.12 bits per heavy atom. The van der Waals surface area contributed by atoms with Gasteiger partial charge < -0.3 is 10.0 Å². The highest BCUT2D eigenvalue weighted by molar-refractivity contribution is 4.89. The molecule has 1 unspecified atom stereocenters. The van der Waals surface area contributed by atoms with Crippen molar-refractivity contribution in [3.8, 4) is 0 Å². The van der Waals surface area contributed by atoms with E-state index in [2.05, 4.69) is 6.92 Å². The molecule has 1 atom stereocenters. The van der Waals surface area contributed by atoms with E-state index in [4.69, 9.17) is 0 Å². The van der Waals surface area contributed by atoms with Gasteiger partial charge in [0.05, 0.1) is 0 Å². The zero-order chi connectivity index (χ0) is 12.4. The van der Waals surface area contributed by atoms with Crippen molar-refractivity contribution >= 4 is 0 Å². The van der Waals surface area contributed by atoms with Crippen LogP contribution in [-0.2, 0) is 0 Å². The minimum Gasteiger partial charge on any atom is -0.379 e. The van der Waals surface area contributed by atoms with Crippen LogP contribution >= 0.6 is 0 Å². The van der Waals surface area contributed by atoms with Gasteiger partial charge in [0.25, 0.3) is 0 Å². The van der Waals surface area contributed by atoms with Crippen molar-refractivity contribution in [2.75, 3.05) is 19.6 Å². The number of aliphatic hydroxyl groups is 1. The van der Waals surface area contributed by atoms with Gasteiger partial charge in [-0.2, -0.15) is 13.2 Å². The molecule has 1 aliphatic rings. The average Bonchev–Trinajstić information content (AvgIpc) is 2.19. The number of β-amino-alcohol motifs (C(OH)–C–C–N with tert-alkyl or cyclic N) is 1. The molecule has 0 spiro atoms. The number of piperidine rings is 1.